The van der Waals surface area contributed by atoms with E-state index in [-0.39, 0.29) is 0 Å². The summed E-state index contributed by atoms with van der Waals surface area (Å²) in [4.78, 5) is 0. The van der Waals surface area contributed by atoms with E-state index in [0.717, 1.165) is 12.0 Å². The zero-order valence-corrected chi connectivity index (χ0v) is 7.97. The molecule has 0 radical (unpaired) electrons. The molecule has 1 heteroatoms. The predicted molar refractivity (Wildman–Crippen MR) is 51.9 cm³/mol. The third kappa shape index (κ3) is 1.37. The molecule has 1 nitrogen and oxygen atoms in total. The zero-order valence-electron chi connectivity index (χ0n) is 7.97. The summed E-state index contributed by atoms with van der Waals surface area (Å²) in [5.74, 6) is 0.902. The topological polar surface area (TPSA) is 12.0 Å². The van der Waals surface area contributed by atoms with Crippen LogP contribution >= 0.6 is 0 Å². The molecule has 2 aliphatic rings. The van der Waals surface area contributed by atoms with Crippen molar-refractivity contribution in [1.82, 2.24) is 5.32 Å². The molecule has 1 saturated carbocycles. The molecule has 0 bridgehead atoms. The van der Waals surface area contributed by atoms with Gasteiger partial charge in [-0.05, 0) is 31.0 Å². The first-order valence-corrected chi connectivity index (χ1v) is 5.37. The van der Waals surface area contributed by atoms with Gasteiger partial charge in [0.05, 0.1) is 0 Å². The number of nitrogens with one attached hydrogen (secondary N) is 1. The van der Waals surface area contributed by atoms with Crippen LogP contribution in [0.3, 0.4) is 0 Å². The fourth-order valence-corrected chi connectivity index (χ4v) is 2.64. The van der Waals surface area contributed by atoms with Gasteiger partial charge in [0.15, 0.2) is 0 Å². The molecule has 1 N–H and O–H groups in total. The van der Waals surface area contributed by atoms with Crippen molar-refractivity contribution in [2.24, 2.45) is 5.92 Å². The molecule has 0 spiro atoms. The molecule has 0 aromatic heterocycles. The zero-order chi connectivity index (χ0) is 8.39. The maximum atomic E-state index is 3.53. The van der Waals surface area contributed by atoms with Gasteiger partial charge >= 0.3 is 0 Å². The van der Waals surface area contributed by atoms with Crippen LogP contribution in [0.15, 0.2) is 11.8 Å². The minimum absolute atomic E-state index is 0.806. The summed E-state index contributed by atoms with van der Waals surface area (Å²) >= 11 is 0. The van der Waals surface area contributed by atoms with Crippen LogP contribution in [0, 0.1) is 5.92 Å². The van der Waals surface area contributed by atoms with E-state index in [2.05, 4.69) is 18.4 Å². The van der Waals surface area contributed by atoms with Crippen molar-refractivity contribution in [3.05, 3.63) is 11.8 Å². The summed E-state index contributed by atoms with van der Waals surface area (Å²) in [6.45, 7) is 2.27. The largest absolute Gasteiger partial charge is 0.388 e. The highest BCUT2D eigenvalue weighted by Crippen LogP contribution is 2.35. The van der Waals surface area contributed by atoms with Crippen LogP contribution in [0.25, 0.3) is 0 Å². The Bertz CT molecular complexity index is 183. The molecule has 2 rings (SSSR count). The Labute approximate surface area is 75.2 Å². The quantitative estimate of drug-likeness (QED) is 0.663. The summed E-state index contributed by atoms with van der Waals surface area (Å²) in [5, 5.41) is 3.53. The van der Waals surface area contributed by atoms with E-state index in [9.17, 15) is 0 Å². The molecule has 0 amide bonds. The Hall–Kier alpha value is -0.460. The van der Waals surface area contributed by atoms with Crippen molar-refractivity contribution in [1.29, 1.82) is 0 Å². The average molecular weight is 165 g/mol. The first kappa shape index (κ1) is 8.15. The van der Waals surface area contributed by atoms with Crippen LogP contribution in [0.1, 0.15) is 45.4 Å². The molecule has 2 unspecified atom stereocenters. The number of rotatable bonds is 2. The standard InChI is InChI=1S/C11H19N/c1-2-5-9-8-12-11-7-4-3-6-10(9)11/h8,10-12H,2-7H2,1H3. The third-order valence-electron chi connectivity index (χ3n) is 3.26. The maximum absolute atomic E-state index is 3.53. The van der Waals surface area contributed by atoms with Crippen molar-refractivity contribution < 1.29 is 0 Å². The first-order valence-electron chi connectivity index (χ1n) is 5.37. The SMILES string of the molecule is CCCC1=CNC2CCCCC12. The summed E-state index contributed by atoms with van der Waals surface area (Å²) in [7, 11) is 0. The minimum Gasteiger partial charge on any atom is -0.388 e. The van der Waals surface area contributed by atoms with E-state index in [1.165, 1.54) is 38.5 Å². The summed E-state index contributed by atoms with van der Waals surface area (Å²) < 4.78 is 0. The molecular weight excluding hydrogens is 146 g/mol. The average Bonchev–Trinajstić information content (AvgIpc) is 2.50. The summed E-state index contributed by atoms with van der Waals surface area (Å²) in [6.07, 6.45) is 10.6. The molecule has 68 valence electrons. The highest BCUT2D eigenvalue weighted by atomic mass is 14.9. The molecule has 1 heterocycles. The predicted octanol–water partition coefficient (Wildman–Crippen LogP) is 2.83. The second-order valence-corrected chi connectivity index (χ2v) is 4.13. The van der Waals surface area contributed by atoms with Crippen molar-refractivity contribution >= 4 is 0 Å². The second kappa shape index (κ2) is 3.51. The van der Waals surface area contributed by atoms with Gasteiger partial charge in [0.25, 0.3) is 0 Å². The lowest BCUT2D eigenvalue weighted by molar-refractivity contribution is 0.337. The fourth-order valence-electron chi connectivity index (χ4n) is 2.64. The van der Waals surface area contributed by atoms with Crippen molar-refractivity contribution in [3.63, 3.8) is 0 Å². The lowest BCUT2D eigenvalue weighted by Gasteiger charge is -2.27. The molecule has 12 heavy (non-hydrogen) atoms. The van der Waals surface area contributed by atoms with Gasteiger partial charge in [0.1, 0.15) is 0 Å². The Morgan fingerprint density at radius 3 is 3.08 bits per heavy atom. The van der Waals surface area contributed by atoms with Gasteiger partial charge in [-0.2, -0.15) is 0 Å². The van der Waals surface area contributed by atoms with Crippen LogP contribution in [-0.4, -0.2) is 6.04 Å². The maximum Gasteiger partial charge on any atom is 0.0321 e. The Morgan fingerprint density at radius 1 is 1.42 bits per heavy atom. The smallest absolute Gasteiger partial charge is 0.0321 e. The monoisotopic (exact) mass is 165 g/mol. The number of fused-ring (bicyclic) bond motifs is 1. The van der Waals surface area contributed by atoms with E-state index in [0.29, 0.717) is 0 Å². The van der Waals surface area contributed by atoms with Gasteiger partial charge in [-0.25, -0.2) is 0 Å². The van der Waals surface area contributed by atoms with E-state index >= 15 is 0 Å². The number of hydrogen-bond donors (Lipinski definition) is 1. The Balaban J connectivity index is 1.98. The molecule has 1 fully saturated rings. The lowest BCUT2D eigenvalue weighted by Crippen LogP contribution is -2.30. The summed E-state index contributed by atoms with van der Waals surface area (Å²) in [5.41, 5.74) is 1.70. The van der Waals surface area contributed by atoms with Gasteiger partial charge in [-0.15, -0.1) is 0 Å². The normalized spacial score (nSPS) is 33.9. The van der Waals surface area contributed by atoms with Gasteiger partial charge in [0.2, 0.25) is 0 Å². The molecule has 0 aromatic carbocycles. The Kier molecular flexibility index (Phi) is 2.38. The molecule has 0 aromatic rings. The van der Waals surface area contributed by atoms with E-state index in [1.807, 2.05) is 0 Å². The third-order valence-corrected chi connectivity index (χ3v) is 3.26. The molecule has 1 aliphatic carbocycles. The van der Waals surface area contributed by atoms with E-state index < -0.39 is 0 Å². The molecular formula is C11H19N. The second-order valence-electron chi connectivity index (χ2n) is 4.13. The molecule has 0 saturated heterocycles. The van der Waals surface area contributed by atoms with Crippen LogP contribution in [0.2, 0.25) is 0 Å². The van der Waals surface area contributed by atoms with E-state index in [4.69, 9.17) is 0 Å². The molecule has 2 atom stereocenters. The van der Waals surface area contributed by atoms with Crippen LogP contribution < -0.4 is 5.32 Å². The van der Waals surface area contributed by atoms with Gasteiger partial charge in [0, 0.05) is 12.0 Å². The van der Waals surface area contributed by atoms with E-state index in [1.54, 1.807) is 5.57 Å². The number of hydrogen-bond acceptors (Lipinski definition) is 1. The van der Waals surface area contributed by atoms with Gasteiger partial charge < -0.3 is 5.32 Å². The van der Waals surface area contributed by atoms with Gasteiger partial charge in [-0.3, -0.25) is 0 Å². The highest BCUT2D eigenvalue weighted by Gasteiger charge is 2.30. The first-order chi connectivity index (χ1) is 5.92. The highest BCUT2D eigenvalue weighted by molar-refractivity contribution is 5.16. The Morgan fingerprint density at radius 2 is 2.25 bits per heavy atom. The van der Waals surface area contributed by atoms with Crippen molar-refractivity contribution in [2.75, 3.05) is 0 Å². The van der Waals surface area contributed by atoms with Crippen LogP contribution in [-0.2, 0) is 0 Å². The minimum atomic E-state index is 0.806. The summed E-state index contributed by atoms with van der Waals surface area (Å²) in [6, 6.07) is 0.806. The molecule has 1 aliphatic heterocycles. The van der Waals surface area contributed by atoms with Crippen LogP contribution in [0.4, 0.5) is 0 Å². The van der Waals surface area contributed by atoms with Crippen molar-refractivity contribution in [2.45, 2.75) is 51.5 Å². The fraction of sp³-hybridized carbons (Fsp3) is 0.818. The van der Waals surface area contributed by atoms with Crippen LogP contribution in [0.5, 0.6) is 0 Å². The lowest BCUT2D eigenvalue weighted by atomic mass is 9.81. The van der Waals surface area contributed by atoms with Gasteiger partial charge in [-0.1, -0.05) is 26.2 Å². The van der Waals surface area contributed by atoms with Crippen molar-refractivity contribution in [3.8, 4) is 0 Å².